The van der Waals surface area contributed by atoms with E-state index in [4.69, 9.17) is 9.47 Å². The molecule has 8 heteroatoms. The number of benzene rings is 2. The van der Waals surface area contributed by atoms with Crippen molar-refractivity contribution in [3.63, 3.8) is 0 Å². The van der Waals surface area contributed by atoms with Crippen LogP contribution in [-0.4, -0.2) is 27.7 Å². The normalized spacial score (nSPS) is 10.3. The van der Waals surface area contributed by atoms with Gasteiger partial charge in [0.1, 0.15) is 23.6 Å². The van der Waals surface area contributed by atoms with Crippen molar-refractivity contribution >= 4 is 17.4 Å². The van der Waals surface area contributed by atoms with E-state index in [1.165, 1.54) is 6.33 Å². The maximum Gasteiger partial charge on any atom is 0.323 e. The van der Waals surface area contributed by atoms with Crippen molar-refractivity contribution in [2.75, 3.05) is 17.7 Å². The first-order chi connectivity index (χ1) is 14.7. The van der Waals surface area contributed by atoms with Crippen molar-refractivity contribution in [3.8, 4) is 23.2 Å². The summed E-state index contributed by atoms with van der Waals surface area (Å²) in [5.41, 5.74) is 1.20. The molecule has 0 saturated heterocycles. The SMILES string of the molecule is COc1ccccc1NC(=O)Nc1ccc(Oc2cc(-n3cccc3)ncn2)cc1. The summed E-state index contributed by atoms with van der Waals surface area (Å²) < 4.78 is 12.9. The third-order valence-electron chi connectivity index (χ3n) is 4.19. The number of rotatable bonds is 6. The van der Waals surface area contributed by atoms with Crippen LogP contribution in [0.2, 0.25) is 0 Å². The predicted molar refractivity (Wildman–Crippen MR) is 114 cm³/mol. The van der Waals surface area contributed by atoms with Crippen molar-refractivity contribution in [3.05, 3.63) is 85.5 Å². The van der Waals surface area contributed by atoms with Gasteiger partial charge in [0.25, 0.3) is 0 Å². The molecule has 2 heterocycles. The van der Waals surface area contributed by atoms with Crippen molar-refractivity contribution in [2.24, 2.45) is 0 Å². The van der Waals surface area contributed by atoms with Crippen molar-refractivity contribution in [1.29, 1.82) is 0 Å². The zero-order chi connectivity index (χ0) is 20.8. The molecule has 2 aromatic heterocycles. The number of carbonyl (C=O) groups excluding carboxylic acids is 1. The molecule has 8 nitrogen and oxygen atoms in total. The lowest BCUT2D eigenvalue weighted by atomic mass is 10.3. The first-order valence-electron chi connectivity index (χ1n) is 9.15. The monoisotopic (exact) mass is 401 g/mol. The largest absolute Gasteiger partial charge is 0.495 e. The first kappa shape index (κ1) is 19.0. The van der Waals surface area contributed by atoms with Crippen LogP contribution in [0.4, 0.5) is 16.2 Å². The Bertz CT molecular complexity index is 1130. The maximum atomic E-state index is 12.2. The van der Waals surface area contributed by atoms with Gasteiger partial charge in [0.05, 0.1) is 12.8 Å². The van der Waals surface area contributed by atoms with Gasteiger partial charge in [0, 0.05) is 24.1 Å². The lowest BCUT2D eigenvalue weighted by Gasteiger charge is -2.11. The number of carbonyl (C=O) groups is 1. The van der Waals surface area contributed by atoms with Gasteiger partial charge in [-0.15, -0.1) is 0 Å². The van der Waals surface area contributed by atoms with Gasteiger partial charge >= 0.3 is 6.03 Å². The molecule has 0 aliphatic rings. The minimum Gasteiger partial charge on any atom is -0.495 e. The average Bonchev–Trinajstić information content (AvgIpc) is 3.31. The predicted octanol–water partition coefficient (Wildman–Crippen LogP) is 4.71. The molecule has 0 saturated carbocycles. The molecular weight excluding hydrogens is 382 g/mol. The number of anilines is 2. The summed E-state index contributed by atoms with van der Waals surface area (Å²) in [6.45, 7) is 0. The van der Waals surface area contributed by atoms with Crippen LogP contribution in [-0.2, 0) is 0 Å². The minimum absolute atomic E-state index is 0.375. The lowest BCUT2D eigenvalue weighted by Crippen LogP contribution is -2.19. The summed E-state index contributed by atoms with van der Waals surface area (Å²) in [4.78, 5) is 20.6. The van der Waals surface area contributed by atoms with Crippen molar-refractivity contribution in [1.82, 2.24) is 14.5 Å². The molecule has 0 fully saturated rings. The van der Waals surface area contributed by atoms with Gasteiger partial charge in [0.15, 0.2) is 0 Å². The van der Waals surface area contributed by atoms with Crippen molar-refractivity contribution < 1.29 is 14.3 Å². The Labute approximate surface area is 173 Å². The minimum atomic E-state index is -0.375. The number of urea groups is 1. The Morgan fingerprint density at radius 1 is 0.933 bits per heavy atom. The van der Waals surface area contributed by atoms with Gasteiger partial charge in [0.2, 0.25) is 5.88 Å². The van der Waals surface area contributed by atoms with Gasteiger partial charge < -0.3 is 24.7 Å². The summed E-state index contributed by atoms with van der Waals surface area (Å²) >= 11 is 0. The summed E-state index contributed by atoms with van der Waals surface area (Å²) in [6.07, 6.45) is 5.23. The molecule has 4 rings (SSSR count). The number of para-hydroxylation sites is 2. The highest BCUT2D eigenvalue weighted by molar-refractivity contribution is 6.00. The molecule has 2 N–H and O–H groups in total. The smallest absolute Gasteiger partial charge is 0.323 e. The molecule has 0 aliphatic carbocycles. The van der Waals surface area contributed by atoms with Crippen LogP contribution in [0.1, 0.15) is 0 Å². The van der Waals surface area contributed by atoms with Gasteiger partial charge in [-0.25, -0.2) is 14.8 Å². The van der Waals surface area contributed by atoms with E-state index in [2.05, 4.69) is 20.6 Å². The molecule has 0 bridgehead atoms. The third-order valence-corrected chi connectivity index (χ3v) is 4.19. The molecule has 0 atom stereocenters. The second-order valence-corrected chi connectivity index (χ2v) is 6.21. The molecule has 2 amide bonds. The molecule has 0 spiro atoms. The fraction of sp³-hybridized carbons (Fsp3) is 0.0455. The number of methoxy groups -OCH3 is 1. The van der Waals surface area contributed by atoms with Crippen LogP contribution in [0.5, 0.6) is 17.4 Å². The van der Waals surface area contributed by atoms with Gasteiger partial charge in [-0.05, 0) is 48.5 Å². The maximum absolute atomic E-state index is 12.2. The highest BCUT2D eigenvalue weighted by atomic mass is 16.5. The quantitative estimate of drug-likeness (QED) is 0.488. The Hall–Kier alpha value is -4.33. The van der Waals surface area contributed by atoms with E-state index in [0.717, 1.165) is 0 Å². The number of ether oxygens (including phenoxy) is 2. The van der Waals surface area contributed by atoms with E-state index in [1.807, 2.05) is 41.2 Å². The van der Waals surface area contributed by atoms with E-state index in [1.54, 1.807) is 49.6 Å². The molecule has 0 aliphatic heterocycles. The summed E-state index contributed by atoms with van der Waals surface area (Å²) in [5.74, 6) is 2.29. The summed E-state index contributed by atoms with van der Waals surface area (Å²) in [7, 11) is 1.55. The van der Waals surface area contributed by atoms with Crippen LogP contribution >= 0.6 is 0 Å². The molecule has 0 radical (unpaired) electrons. The third kappa shape index (κ3) is 4.56. The number of nitrogens with zero attached hydrogens (tertiary/aromatic N) is 3. The van der Waals surface area contributed by atoms with Gasteiger partial charge in [-0.3, -0.25) is 0 Å². The average molecular weight is 401 g/mol. The van der Waals surface area contributed by atoms with E-state index in [9.17, 15) is 4.79 Å². The Kier molecular flexibility index (Phi) is 5.56. The Morgan fingerprint density at radius 3 is 2.47 bits per heavy atom. The molecule has 30 heavy (non-hydrogen) atoms. The second-order valence-electron chi connectivity index (χ2n) is 6.21. The first-order valence-corrected chi connectivity index (χ1v) is 9.15. The number of aromatic nitrogens is 3. The summed E-state index contributed by atoms with van der Waals surface area (Å²) in [5, 5.41) is 5.53. The Morgan fingerprint density at radius 2 is 1.70 bits per heavy atom. The van der Waals surface area contributed by atoms with Crippen LogP contribution in [0.3, 0.4) is 0 Å². The second kappa shape index (κ2) is 8.78. The number of hydrogen-bond donors (Lipinski definition) is 2. The highest BCUT2D eigenvalue weighted by Gasteiger charge is 2.08. The highest BCUT2D eigenvalue weighted by Crippen LogP contribution is 2.24. The van der Waals surface area contributed by atoms with Crippen molar-refractivity contribution in [2.45, 2.75) is 0 Å². The van der Waals surface area contributed by atoms with Crippen LogP contribution in [0, 0.1) is 0 Å². The molecule has 0 unspecified atom stereocenters. The molecular formula is C22H19N5O3. The fourth-order valence-corrected chi connectivity index (χ4v) is 2.77. The number of nitrogens with one attached hydrogen (secondary N) is 2. The topological polar surface area (TPSA) is 90.3 Å². The molecule has 4 aromatic rings. The number of amides is 2. The van der Waals surface area contributed by atoms with E-state index in [0.29, 0.717) is 34.6 Å². The number of hydrogen-bond acceptors (Lipinski definition) is 5. The van der Waals surface area contributed by atoms with Crippen LogP contribution in [0.15, 0.2) is 85.5 Å². The van der Waals surface area contributed by atoms with E-state index < -0.39 is 0 Å². The zero-order valence-corrected chi connectivity index (χ0v) is 16.1. The Balaban J connectivity index is 1.38. The molecule has 150 valence electrons. The van der Waals surface area contributed by atoms with Gasteiger partial charge in [-0.2, -0.15) is 0 Å². The fourth-order valence-electron chi connectivity index (χ4n) is 2.77. The van der Waals surface area contributed by atoms with E-state index in [-0.39, 0.29) is 6.03 Å². The van der Waals surface area contributed by atoms with E-state index >= 15 is 0 Å². The van der Waals surface area contributed by atoms with Crippen LogP contribution in [0.25, 0.3) is 5.82 Å². The standard InChI is InChI=1S/C22H19N5O3/c1-29-19-7-3-2-6-18(19)26-22(28)25-16-8-10-17(11-9-16)30-21-14-20(23-15-24-21)27-12-4-5-13-27/h2-15H,1H3,(H2,25,26,28). The molecule has 2 aromatic carbocycles. The zero-order valence-electron chi connectivity index (χ0n) is 16.1. The lowest BCUT2D eigenvalue weighted by molar-refractivity contribution is 0.262. The van der Waals surface area contributed by atoms with Gasteiger partial charge in [-0.1, -0.05) is 12.1 Å². The summed E-state index contributed by atoms with van der Waals surface area (Å²) in [6, 6.07) is 19.4. The van der Waals surface area contributed by atoms with Crippen LogP contribution < -0.4 is 20.1 Å².